The highest BCUT2D eigenvalue weighted by molar-refractivity contribution is 7.99. The van der Waals surface area contributed by atoms with Crippen LogP contribution in [0.4, 0.5) is 4.79 Å². The normalized spacial score (nSPS) is 26.3. The number of amides is 2. The maximum Gasteiger partial charge on any atom is 0.435 e. The summed E-state index contributed by atoms with van der Waals surface area (Å²) >= 11 is 1.49. The summed E-state index contributed by atoms with van der Waals surface area (Å²) in [7, 11) is 0. The van der Waals surface area contributed by atoms with Crippen LogP contribution in [0.25, 0.3) is 0 Å². The third kappa shape index (κ3) is 2.42. The van der Waals surface area contributed by atoms with Crippen LogP contribution in [0.5, 0.6) is 0 Å². The Kier molecular flexibility index (Phi) is 3.48. The van der Waals surface area contributed by atoms with Crippen molar-refractivity contribution in [3.05, 3.63) is 0 Å². The second-order valence-corrected chi connectivity index (χ2v) is 6.56. The van der Waals surface area contributed by atoms with E-state index in [-0.39, 0.29) is 5.75 Å². The number of hydroxylamine groups is 2. The number of rotatable bonds is 1. The van der Waals surface area contributed by atoms with Crippen LogP contribution in [0.2, 0.25) is 0 Å². The lowest BCUT2D eigenvalue weighted by Crippen LogP contribution is -2.63. The molecule has 106 valence electrons. The minimum absolute atomic E-state index is 0.271. The molecule has 7 nitrogen and oxygen atoms in total. The van der Waals surface area contributed by atoms with Gasteiger partial charge in [-0.15, -0.1) is 0 Å². The van der Waals surface area contributed by atoms with E-state index in [4.69, 9.17) is 4.74 Å². The zero-order chi connectivity index (χ0) is 14.3. The summed E-state index contributed by atoms with van der Waals surface area (Å²) in [5.74, 6) is 0.577. The molecule has 0 aromatic rings. The van der Waals surface area contributed by atoms with Gasteiger partial charge < -0.3 is 4.74 Å². The first-order chi connectivity index (χ1) is 8.77. The van der Waals surface area contributed by atoms with E-state index in [9.17, 15) is 14.8 Å². The molecule has 0 radical (unpaired) electrons. The van der Waals surface area contributed by atoms with Gasteiger partial charge in [0.25, 0.3) is 5.91 Å². The number of nitrogens with zero attached hydrogens (tertiary/aromatic N) is 2. The van der Waals surface area contributed by atoms with Crippen molar-refractivity contribution in [2.45, 2.75) is 38.3 Å². The predicted octanol–water partition coefficient (Wildman–Crippen LogP) is 0.974. The molecule has 1 saturated heterocycles. The SMILES string of the molecule is CC(C)(C)OC(=O)N(O)C12CSCCC1=NNC2=O. The topological polar surface area (TPSA) is 91.2 Å². The summed E-state index contributed by atoms with van der Waals surface area (Å²) in [5.41, 5.74) is 0.631. The van der Waals surface area contributed by atoms with E-state index >= 15 is 0 Å². The molecule has 8 heteroatoms. The largest absolute Gasteiger partial charge is 0.442 e. The van der Waals surface area contributed by atoms with Gasteiger partial charge in [-0.1, -0.05) is 0 Å². The average Bonchev–Trinajstić information content (AvgIpc) is 2.65. The molecule has 0 aliphatic carbocycles. The second-order valence-electron chi connectivity index (χ2n) is 5.45. The first-order valence-corrected chi connectivity index (χ1v) is 7.10. The van der Waals surface area contributed by atoms with Crippen LogP contribution in [-0.4, -0.2) is 50.6 Å². The molecule has 1 atom stereocenters. The van der Waals surface area contributed by atoms with E-state index in [1.165, 1.54) is 11.8 Å². The Morgan fingerprint density at radius 3 is 2.89 bits per heavy atom. The highest BCUT2D eigenvalue weighted by atomic mass is 32.2. The van der Waals surface area contributed by atoms with E-state index in [1.807, 2.05) is 0 Å². The summed E-state index contributed by atoms with van der Waals surface area (Å²) in [6.07, 6.45) is -0.400. The number of hydrogen-bond acceptors (Lipinski definition) is 6. The van der Waals surface area contributed by atoms with Gasteiger partial charge in [-0.25, -0.2) is 10.2 Å². The molecule has 0 saturated carbocycles. The molecule has 1 fully saturated rings. The van der Waals surface area contributed by atoms with E-state index in [0.29, 0.717) is 17.2 Å². The second kappa shape index (κ2) is 4.68. The minimum Gasteiger partial charge on any atom is -0.442 e. The van der Waals surface area contributed by atoms with Crippen LogP contribution in [0, 0.1) is 0 Å². The Bertz CT molecular complexity index is 446. The van der Waals surface area contributed by atoms with Crippen molar-refractivity contribution in [1.82, 2.24) is 10.5 Å². The maximum atomic E-state index is 12.0. The Morgan fingerprint density at radius 1 is 1.58 bits per heavy atom. The molecule has 2 N–H and O–H groups in total. The molecule has 2 aliphatic heterocycles. The van der Waals surface area contributed by atoms with Crippen LogP contribution in [-0.2, 0) is 9.53 Å². The summed E-state index contributed by atoms with van der Waals surface area (Å²) < 4.78 is 5.10. The van der Waals surface area contributed by atoms with Crippen LogP contribution >= 0.6 is 11.8 Å². The van der Waals surface area contributed by atoms with Crippen molar-refractivity contribution >= 4 is 29.5 Å². The number of carbonyl (C=O) groups is 2. The molecule has 0 aromatic heterocycles. The van der Waals surface area contributed by atoms with Crippen molar-refractivity contribution < 1.29 is 19.5 Å². The molecule has 2 aliphatic rings. The van der Waals surface area contributed by atoms with Crippen LogP contribution in [0.1, 0.15) is 27.2 Å². The molecular weight excluding hydrogens is 270 g/mol. The molecule has 2 rings (SSSR count). The van der Waals surface area contributed by atoms with Gasteiger partial charge in [0.05, 0.1) is 5.71 Å². The summed E-state index contributed by atoms with van der Waals surface area (Å²) in [4.78, 5) is 23.9. The lowest BCUT2D eigenvalue weighted by Gasteiger charge is -2.37. The third-order valence-electron chi connectivity index (χ3n) is 2.87. The zero-order valence-corrected chi connectivity index (χ0v) is 11.9. The van der Waals surface area contributed by atoms with Crippen molar-refractivity contribution in [2.75, 3.05) is 11.5 Å². The fourth-order valence-electron chi connectivity index (χ4n) is 1.98. The fraction of sp³-hybridized carbons (Fsp3) is 0.727. The van der Waals surface area contributed by atoms with Crippen LogP contribution < -0.4 is 5.43 Å². The first-order valence-electron chi connectivity index (χ1n) is 5.95. The van der Waals surface area contributed by atoms with Crippen molar-refractivity contribution in [3.8, 4) is 0 Å². The number of hydrogen-bond donors (Lipinski definition) is 2. The van der Waals surface area contributed by atoms with Gasteiger partial charge >= 0.3 is 6.09 Å². The number of nitrogens with one attached hydrogen (secondary N) is 1. The fourth-order valence-corrected chi connectivity index (χ4v) is 3.17. The molecule has 0 spiro atoms. The van der Waals surface area contributed by atoms with E-state index in [1.54, 1.807) is 20.8 Å². The standard InChI is InChI=1S/C11H17N3O4S/c1-10(2,3)18-9(16)14(17)11-6-19-5-4-7(11)12-13-8(11)15/h17H,4-6H2,1-3H3,(H,13,15). The summed E-state index contributed by atoms with van der Waals surface area (Å²) in [5, 5.41) is 14.4. The molecule has 2 heterocycles. The predicted molar refractivity (Wildman–Crippen MR) is 70.1 cm³/mol. The van der Waals surface area contributed by atoms with Gasteiger partial charge in [0.1, 0.15) is 5.60 Å². The monoisotopic (exact) mass is 287 g/mol. The van der Waals surface area contributed by atoms with Gasteiger partial charge in [-0.2, -0.15) is 21.9 Å². The summed E-state index contributed by atoms with van der Waals surface area (Å²) in [6.45, 7) is 5.07. The van der Waals surface area contributed by atoms with E-state index < -0.39 is 23.1 Å². The highest BCUT2D eigenvalue weighted by Gasteiger charge is 2.56. The Balaban J connectivity index is 2.25. The number of carbonyl (C=O) groups excluding carboxylic acids is 2. The average molecular weight is 287 g/mol. The first kappa shape index (κ1) is 14.1. The Morgan fingerprint density at radius 2 is 2.26 bits per heavy atom. The van der Waals surface area contributed by atoms with Gasteiger partial charge in [0, 0.05) is 5.75 Å². The number of ether oxygens (including phenoxy) is 1. The minimum atomic E-state index is -1.43. The molecule has 19 heavy (non-hydrogen) atoms. The van der Waals surface area contributed by atoms with Gasteiger partial charge in [-0.3, -0.25) is 10.0 Å². The van der Waals surface area contributed by atoms with Gasteiger partial charge in [-0.05, 0) is 32.9 Å². The molecule has 0 aromatic carbocycles. The van der Waals surface area contributed by atoms with Crippen molar-refractivity contribution in [1.29, 1.82) is 0 Å². The van der Waals surface area contributed by atoms with Crippen molar-refractivity contribution in [3.63, 3.8) is 0 Å². The number of hydrazone groups is 1. The van der Waals surface area contributed by atoms with Crippen molar-refractivity contribution in [2.24, 2.45) is 5.10 Å². The molecule has 0 bridgehead atoms. The van der Waals surface area contributed by atoms with E-state index in [0.717, 1.165) is 5.75 Å². The zero-order valence-electron chi connectivity index (χ0n) is 11.1. The molecule has 2 amide bonds. The smallest absolute Gasteiger partial charge is 0.435 e. The highest BCUT2D eigenvalue weighted by Crippen LogP contribution is 2.33. The maximum absolute atomic E-state index is 12.0. The third-order valence-corrected chi connectivity index (χ3v) is 3.98. The van der Waals surface area contributed by atoms with Gasteiger partial charge in [0.15, 0.2) is 0 Å². The molecule has 1 unspecified atom stereocenters. The Hall–Kier alpha value is -1.28. The van der Waals surface area contributed by atoms with Crippen LogP contribution in [0.15, 0.2) is 5.10 Å². The summed E-state index contributed by atoms with van der Waals surface area (Å²) in [6, 6.07) is 0. The van der Waals surface area contributed by atoms with Crippen LogP contribution in [0.3, 0.4) is 0 Å². The number of thioether (sulfide) groups is 1. The van der Waals surface area contributed by atoms with E-state index in [2.05, 4.69) is 10.5 Å². The Labute approximate surface area is 115 Å². The van der Waals surface area contributed by atoms with Gasteiger partial charge in [0.2, 0.25) is 5.54 Å². The lowest BCUT2D eigenvalue weighted by atomic mass is 9.93. The quantitative estimate of drug-likeness (QED) is 0.554. The molecular formula is C11H17N3O4S. The number of fused-ring (bicyclic) bond motifs is 1. The lowest BCUT2D eigenvalue weighted by molar-refractivity contribution is -0.155.